The number of carbonyl (C=O) groups is 2. The molecule has 0 atom stereocenters. The van der Waals surface area contributed by atoms with Crippen LogP contribution >= 0.6 is 0 Å². The van der Waals surface area contributed by atoms with E-state index >= 15 is 0 Å². The maximum Gasteiger partial charge on any atom is 0.337 e. The standard InChI is InChI=1S/C15H13FN2O3/c1-21-15(20)10-6-7-17-11(8-10)9-18-14(19)12-4-2-3-5-13(12)16/h2-8H,9H2,1H3,(H,18,19). The van der Waals surface area contributed by atoms with Crippen molar-refractivity contribution >= 4 is 11.9 Å². The van der Waals surface area contributed by atoms with Crippen LogP contribution in [-0.2, 0) is 11.3 Å². The van der Waals surface area contributed by atoms with Crippen LogP contribution in [0.2, 0.25) is 0 Å². The summed E-state index contributed by atoms with van der Waals surface area (Å²) >= 11 is 0. The van der Waals surface area contributed by atoms with Crippen LogP contribution in [-0.4, -0.2) is 24.0 Å². The van der Waals surface area contributed by atoms with Crippen molar-refractivity contribution in [3.8, 4) is 0 Å². The van der Waals surface area contributed by atoms with E-state index in [-0.39, 0.29) is 12.1 Å². The van der Waals surface area contributed by atoms with Gasteiger partial charge in [0.15, 0.2) is 0 Å². The van der Waals surface area contributed by atoms with Crippen LogP contribution in [0.25, 0.3) is 0 Å². The van der Waals surface area contributed by atoms with Gasteiger partial charge in [-0.1, -0.05) is 12.1 Å². The average molecular weight is 288 g/mol. The largest absolute Gasteiger partial charge is 0.465 e. The minimum atomic E-state index is -0.591. The number of nitrogens with zero attached hydrogens (tertiary/aromatic N) is 1. The van der Waals surface area contributed by atoms with Gasteiger partial charge in [0.2, 0.25) is 0 Å². The van der Waals surface area contributed by atoms with E-state index in [0.717, 1.165) is 0 Å². The summed E-state index contributed by atoms with van der Waals surface area (Å²) in [4.78, 5) is 27.3. The molecule has 0 spiro atoms. The molecule has 5 nitrogen and oxygen atoms in total. The highest BCUT2D eigenvalue weighted by Gasteiger charge is 2.11. The van der Waals surface area contributed by atoms with Gasteiger partial charge in [0.05, 0.1) is 30.5 Å². The molecule has 1 aromatic carbocycles. The highest BCUT2D eigenvalue weighted by atomic mass is 19.1. The van der Waals surface area contributed by atoms with Crippen molar-refractivity contribution in [2.45, 2.75) is 6.54 Å². The molecule has 0 fully saturated rings. The lowest BCUT2D eigenvalue weighted by Crippen LogP contribution is -2.24. The Morgan fingerprint density at radius 1 is 1.29 bits per heavy atom. The van der Waals surface area contributed by atoms with Crippen LogP contribution in [0, 0.1) is 5.82 Å². The fourth-order valence-corrected chi connectivity index (χ4v) is 1.73. The molecule has 0 aliphatic heterocycles. The van der Waals surface area contributed by atoms with Crippen molar-refractivity contribution in [2.75, 3.05) is 7.11 Å². The van der Waals surface area contributed by atoms with Gasteiger partial charge in [-0.25, -0.2) is 9.18 Å². The third kappa shape index (κ3) is 3.62. The van der Waals surface area contributed by atoms with Gasteiger partial charge in [-0.3, -0.25) is 9.78 Å². The Labute approximate surface area is 120 Å². The minimum Gasteiger partial charge on any atom is -0.465 e. The number of halogens is 1. The molecule has 1 aromatic heterocycles. The molecule has 1 heterocycles. The van der Waals surface area contributed by atoms with Crippen LogP contribution in [0.1, 0.15) is 26.4 Å². The quantitative estimate of drug-likeness (QED) is 0.873. The van der Waals surface area contributed by atoms with E-state index in [4.69, 9.17) is 0 Å². The summed E-state index contributed by atoms with van der Waals surface area (Å²) in [7, 11) is 1.28. The van der Waals surface area contributed by atoms with Gasteiger partial charge in [-0.15, -0.1) is 0 Å². The van der Waals surface area contributed by atoms with Crippen molar-refractivity contribution in [3.63, 3.8) is 0 Å². The maximum absolute atomic E-state index is 13.4. The second-order valence-corrected chi connectivity index (χ2v) is 4.19. The topological polar surface area (TPSA) is 68.3 Å². The summed E-state index contributed by atoms with van der Waals surface area (Å²) in [5.74, 6) is -1.62. The van der Waals surface area contributed by atoms with Crippen molar-refractivity contribution in [1.29, 1.82) is 0 Å². The number of hydrogen-bond acceptors (Lipinski definition) is 4. The molecule has 1 amide bonds. The summed E-state index contributed by atoms with van der Waals surface area (Å²) < 4.78 is 18.0. The predicted octanol–water partition coefficient (Wildman–Crippen LogP) is 1.94. The zero-order valence-electron chi connectivity index (χ0n) is 11.3. The van der Waals surface area contributed by atoms with Gasteiger partial charge in [0.25, 0.3) is 5.91 Å². The highest BCUT2D eigenvalue weighted by Crippen LogP contribution is 2.07. The van der Waals surface area contributed by atoms with Crippen molar-refractivity contribution < 1.29 is 18.7 Å². The normalized spacial score (nSPS) is 10.0. The number of pyridine rings is 1. The van der Waals surface area contributed by atoms with Gasteiger partial charge >= 0.3 is 5.97 Å². The average Bonchev–Trinajstić information content (AvgIpc) is 2.52. The second-order valence-electron chi connectivity index (χ2n) is 4.19. The van der Waals surface area contributed by atoms with E-state index < -0.39 is 17.7 Å². The van der Waals surface area contributed by atoms with Crippen LogP contribution in [0.15, 0.2) is 42.6 Å². The highest BCUT2D eigenvalue weighted by molar-refractivity contribution is 5.94. The van der Waals surface area contributed by atoms with Gasteiger partial charge in [0, 0.05) is 6.20 Å². The molecule has 6 heteroatoms. The van der Waals surface area contributed by atoms with E-state index in [1.807, 2.05) is 0 Å². The Balaban J connectivity index is 2.05. The Hall–Kier alpha value is -2.76. The molecule has 1 N–H and O–H groups in total. The first-order chi connectivity index (χ1) is 10.1. The van der Waals surface area contributed by atoms with Gasteiger partial charge < -0.3 is 10.1 Å². The first kappa shape index (κ1) is 14.6. The summed E-state index contributed by atoms with van der Waals surface area (Å²) in [6, 6.07) is 8.71. The lowest BCUT2D eigenvalue weighted by Gasteiger charge is -2.06. The number of ether oxygens (including phenoxy) is 1. The Morgan fingerprint density at radius 3 is 2.76 bits per heavy atom. The molecule has 21 heavy (non-hydrogen) atoms. The number of hydrogen-bond donors (Lipinski definition) is 1. The molecule has 0 saturated carbocycles. The smallest absolute Gasteiger partial charge is 0.337 e. The fraction of sp³-hybridized carbons (Fsp3) is 0.133. The zero-order chi connectivity index (χ0) is 15.2. The number of esters is 1. The van der Waals surface area contributed by atoms with Crippen LogP contribution in [0.4, 0.5) is 4.39 Å². The molecule has 108 valence electrons. The molecule has 0 unspecified atom stereocenters. The summed E-state index contributed by atoms with van der Waals surface area (Å²) in [5, 5.41) is 2.55. The summed E-state index contributed by atoms with van der Waals surface area (Å²) in [5.41, 5.74) is 0.770. The molecule has 2 rings (SSSR count). The summed E-state index contributed by atoms with van der Waals surface area (Å²) in [6.45, 7) is 0.0814. The Morgan fingerprint density at radius 2 is 2.05 bits per heavy atom. The van der Waals surface area contributed by atoms with Gasteiger partial charge in [0.1, 0.15) is 5.82 Å². The SMILES string of the molecule is COC(=O)c1ccnc(CNC(=O)c2ccccc2F)c1. The number of rotatable bonds is 4. The van der Waals surface area contributed by atoms with Crippen molar-refractivity contribution in [1.82, 2.24) is 10.3 Å². The molecule has 0 aliphatic carbocycles. The minimum absolute atomic E-state index is 0.0402. The molecule has 0 bridgehead atoms. The molecule has 2 aromatic rings. The third-order valence-electron chi connectivity index (χ3n) is 2.79. The van der Waals surface area contributed by atoms with E-state index in [0.29, 0.717) is 11.3 Å². The molecule has 0 radical (unpaired) electrons. The van der Waals surface area contributed by atoms with Crippen molar-refractivity contribution in [3.05, 3.63) is 65.2 Å². The Kier molecular flexibility index (Phi) is 4.61. The third-order valence-corrected chi connectivity index (χ3v) is 2.79. The van der Waals surface area contributed by atoms with E-state index in [2.05, 4.69) is 15.0 Å². The predicted molar refractivity (Wildman–Crippen MR) is 73.1 cm³/mol. The lowest BCUT2D eigenvalue weighted by molar-refractivity contribution is 0.0600. The number of methoxy groups -OCH3 is 1. The van der Waals surface area contributed by atoms with Crippen molar-refractivity contribution in [2.24, 2.45) is 0 Å². The Bertz CT molecular complexity index is 673. The van der Waals surface area contributed by atoms with Gasteiger partial charge in [-0.05, 0) is 24.3 Å². The fourth-order valence-electron chi connectivity index (χ4n) is 1.73. The molecular weight excluding hydrogens is 275 g/mol. The van der Waals surface area contributed by atoms with Gasteiger partial charge in [-0.2, -0.15) is 0 Å². The molecule has 0 aliphatic rings. The van der Waals surface area contributed by atoms with Crippen LogP contribution < -0.4 is 5.32 Å². The van der Waals surface area contributed by atoms with E-state index in [1.165, 1.54) is 43.6 Å². The zero-order valence-corrected chi connectivity index (χ0v) is 11.3. The number of nitrogens with one attached hydrogen (secondary N) is 1. The summed E-state index contributed by atoms with van der Waals surface area (Å²) in [6.07, 6.45) is 1.44. The number of benzene rings is 1. The lowest BCUT2D eigenvalue weighted by atomic mass is 10.2. The molecule has 0 saturated heterocycles. The van der Waals surface area contributed by atoms with Crippen LogP contribution in [0.3, 0.4) is 0 Å². The number of aromatic nitrogens is 1. The molecular formula is C15H13FN2O3. The van der Waals surface area contributed by atoms with E-state index in [9.17, 15) is 14.0 Å². The van der Waals surface area contributed by atoms with E-state index in [1.54, 1.807) is 6.07 Å². The first-order valence-corrected chi connectivity index (χ1v) is 6.18. The first-order valence-electron chi connectivity index (χ1n) is 6.18. The second kappa shape index (κ2) is 6.60. The monoisotopic (exact) mass is 288 g/mol. The number of carbonyl (C=O) groups excluding carboxylic acids is 2. The number of amides is 1. The maximum atomic E-state index is 13.4. The van der Waals surface area contributed by atoms with Crippen LogP contribution in [0.5, 0.6) is 0 Å².